The van der Waals surface area contributed by atoms with Crippen LogP contribution in [0, 0.1) is 11.8 Å². The fraction of sp³-hybridized carbons (Fsp3) is 0.690. The van der Waals surface area contributed by atoms with E-state index in [1.165, 1.54) is 4.90 Å². The molecule has 2 amide bonds. The summed E-state index contributed by atoms with van der Waals surface area (Å²) < 4.78 is 16.6. The van der Waals surface area contributed by atoms with Gasteiger partial charge in [-0.2, -0.15) is 0 Å². The van der Waals surface area contributed by atoms with E-state index >= 15 is 0 Å². The van der Waals surface area contributed by atoms with Crippen LogP contribution in [0.4, 0.5) is 9.59 Å². The molecular weight excluding hydrogens is 488 g/mol. The van der Waals surface area contributed by atoms with Gasteiger partial charge in [-0.25, -0.2) is 9.59 Å². The molecule has 1 heterocycles. The quantitative estimate of drug-likeness (QED) is 0.237. The number of ether oxygens (including phenoxy) is 3. The third-order valence-electron chi connectivity index (χ3n) is 5.88. The number of nitrogens with zero attached hydrogens (tertiary/aromatic N) is 1. The molecule has 4 atom stereocenters. The number of aliphatic hydroxyl groups excluding tert-OH is 2. The molecule has 1 aliphatic rings. The lowest BCUT2D eigenvalue weighted by Crippen LogP contribution is -2.52. The number of aliphatic hydroxyl groups is 2. The van der Waals surface area contributed by atoms with Gasteiger partial charge in [0, 0.05) is 19.1 Å². The van der Waals surface area contributed by atoms with Crippen molar-refractivity contribution in [3.63, 3.8) is 0 Å². The summed E-state index contributed by atoms with van der Waals surface area (Å²) >= 11 is 0. The highest BCUT2D eigenvalue weighted by molar-refractivity contribution is 5.69. The van der Waals surface area contributed by atoms with Gasteiger partial charge >= 0.3 is 12.2 Å². The summed E-state index contributed by atoms with van der Waals surface area (Å²) in [4.78, 5) is 27.3. The zero-order valence-corrected chi connectivity index (χ0v) is 23.9. The second-order valence-corrected chi connectivity index (χ2v) is 11.0. The number of rotatable bonds is 13. The summed E-state index contributed by atoms with van der Waals surface area (Å²) in [5.41, 5.74) is 3.10. The fourth-order valence-electron chi connectivity index (χ4n) is 4.03. The molecule has 1 rings (SSSR count). The molecular formula is C29H48N2O7. The molecule has 9 heteroatoms. The minimum Gasteiger partial charge on any atom is -0.444 e. The predicted molar refractivity (Wildman–Crippen MR) is 148 cm³/mol. The number of alkyl carbamates (subject to hydrolysis) is 1. The topological polar surface area (TPSA) is 118 Å². The Morgan fingerprint density at radius 1 is 1.29 bits per heavy atom. The van der Waals surface area contributed by atoms with Crippen LogP contribution < -0.4 is 5.32 Å². The molecule has 38 heavy (non-hydrogen) atoms. The van der Waals surface area contributed by atoms with Gasteiger partial charge in [-0.15, -0.1) is 5.73 Å². The van der Waals surface area contributed by atoms with Gasteiger partial charge in [-0.1, -0.05) is 32.6 Å². The van der Waals surface area contributed by atoms with Crippen LogP contribution in [0.3, 0.4) is 0 Å². The van der Waals surface area contributed by atoms with Crippen LogP contribution in [0.1, 0.15) is 60.8 Å². The maximum absolute atomic E-state index is 12.9. The first kappa shape index (κ1) is 33.4. The Morgan fingerprint density at radius 2 is 2.00 bits per heavy atom. The number of hydrogen-bond donors (Lipinski definition) is 3. The highest BCUT2D eigenvalue weighted by Gasteiger charge is 2.32. The lowest BCUT2D eigenvalue weighted by Gasteiger charge is -2.33. The zero-order chi connectivity index (χ0) is 28.7. The maximum atomic E-state index is 12.9. The molecule has 0 spiro atoms. The van der Waals surface area contributed by atoms with Gasteiger partial charge in [0.05, 0.1) is 31.9 Å². The highest BCUT2D eigenvalue weighted by atomic mass is 16.6. The first-order valence-corrected chi connectivity index (χ1v) is 13.4. The van der Waals surface area contributed by atoms with Crippen LogP contribution in [0.2, 0.25) is 0 Å². The zero-order valence-electron chi connectivity index (χ0n) is 23.9. The van der Waals surface area contributed by atoms with Crippen molar-refractivity contribution >= 4 is 12.2 Å². The van der Waals surface area contributed by atoms with E-state index < -0.39 is 36.0 Å². The Bertz CT molecular complexity index is 834. The molecule has 0 aromatic heterocycles. The summed E-state index contributed by atoms with van der Waals surface area (Å²) in [5, 5.41) is 23.9. The van der Waals surface area contributed by atoms with Crippen LogP contribution >= 0.6 is 0 Å². The van der Waals surface area contributed by atoms with Gasteiger partial charge in [-0.05, 0) is 70.6 Å². The van der Waals surface area contributed by atoms with E-state index in [4.69, 9.17) is 14.2 Å². The summed E-state index contributed by atoms with van der Waals surface area (Å²) in [5.74, 6) is 0.0295. The molecule has 0 aromatic carbocycles. The van der Waals surface area contributed by atoms with Gasteiger partial charge in [0.25, 0.3) is 0 Å². The van der Waals surface area contributed by atoms with Crippen LogP contribution in [-0.4, -0.2) is 84.1 Å². The molecule has 1 aliphatic heterocycles. The molecule has 0 bridgehead atoms. The Labute approximate surface area is 228 Å². The largest absolute Gasteiger partial charge is 0.444 e. The third kappa shape index (κ3) is 13.3. The normalized spacial score (nSPS) is 18.4. The molecule has 9 nitrogen and oxygen atoms in total. The van der Waals surface area contributed by atoms with Gasteiger partial charge in [0.1, 0.15) is 11.7 Å². The maximum Gasteiger partial charge on any atom is 0.410 e. The van der Waals surface area contributed by atoms with Crippen molar-refractivity contribution in [2.24, 2.45) is 11.8 Å². The van der Waals surface area contributed by atoms with E-state index in [-0.39, 0.29) is 31.4 Å². The standard InChI is InChI=1S/C29H48N2O7/c1-8-10-11-13-22(9-2)16-24(30-27(34)37-26(19-32)23-14-12-15-36-20-23)25(33)18-31(17-21(3)4)28(35)38-29(5,6)7/h8-10,13,21,23-26,32-33H,1,12,14-20H2,2-7H3,(H,30,34)/b22-9+. The van der Waals surface area contributed by atoms with Crippen molar-refractivity contribution < 1.29 is 34.0 Å². The second kappa shape index (κ2) is 17.1. The van der Waals surface area contributed by atoms with Crippen LogP contribution in [-0.2, 0) is 14.2 Å². The minimum atomic E-state index is -1.13. The molecule has 1 fully saturated rings. The van der Waals surface area contributed by atoms with Gasteiger partial charge < -0.3 is 34.6 Å². The number of nitrogens with one attached hydrogen (secondary N) is 1. The lowest BCUT2D eigenvalue weighted by molar-refractivity contribution is -0.0396. The van der Waals surface area contributed by atoms with E-state index in [1.807, 2.05) is 26.8 Å². The summed E-state index contributed by atoms with van der Waals surface area (Å²) in [6.07, 6.45) is 5.57. The smallest absolute Gasteiger partial charge is 0.410 e. The van der Waals surface area contributed by atoms with E-state index in [2.05, 4.69) is 17.6 Å². The summed E-state index contributed by atoms with van der Waals surface area (Å²) in [6.45, 7) is 15.8. The average molecular weight is 537 g/mol. The monoisotopic (exact) mass is 536 g/mol. The van der Waals surface area contributed by atoms with Crippen LogP contribution in [0.15, 0.2) is 42.2 Å². The van der Waals surface area contributed by atoms with E-state index in [1.54, 1.807) is 39.0 Å². The predicted octanol–water partition coefficient (Wildman–Crippen LogP) is 4.36. The van der Waals surface area contributed by atoms with Crippen molar-refractivity contribution in [3.05, 3.63) is 42.2 Å². The Hall–Kier alpha value is -2.58. The van der Waals surface area contributed by atoms with E-state index in [0.29, 0.717) is 19.8 Å². The first-order chi connectivity index (χ1) is 17.9. The van der Waals surface area contributed by atoms with Gasteiger partial charge in [0.2, 0.25) is 0 Å². The molecule has 0 saturated carbocycles. The third-order valence-corrected chi connectivity index (χ3v) is 5.88. The lowest BCUT2D eigenvalue weighted by atomic mass is 9.96. The number of hydrogen-bond acceptors (Lipinski definition) is 7. The second-order valence-electron chi connectivity index (χ2n) is 11.0. The number of allylic oxidation sites excluding steroid dienone is 3. The average Bonchev–Trinajstić information content (AvgIpc) is 2.84. The molecule has 4 unspecified atom stereocenters. The molecule has 0 aromatic rings. The highest BCUT2D eigenvalue weighted by Crippen LogP contribution is 2.21. The number of carbonyl (C=O) groups is 2. The Morgan fingerprint density at radius 3 is 2.53 bits per heavy atom. The van der Waals surface area contributed by atoms with Crippen molar-refractivity contribution in [1.82, 2.24) is 10.2 Å². The van der Waals surface area contributed by atoms with E-state index in [9.17, 15) is 19.8 Å². The fourth-order valence-corrected chi connectivity index (χ4v) is 4.03. The summed E-state index contributed by atoms with van der Waals surface area (Å²) in [6, 6.07) is -0.797. The van der Waals surface area contributed by atoms with Crippen LogP contribution in [0.25, 0.3) is 0 Å². The van der Waals surface area contributed by atoms with Gasteiger partial charge in [0.15, 0.2) is 0 Å². The molecule has 0 radical (unpaired) electrons. The number of carbonyl (C=O) groups excluding carboxylic acids is 2. The van der Waals surface area contributed by atoms with Crippen LogP contribution in [0.5, 0.6) is 0 Å². The molecule has 216 valence electrons. The first-order valence-electron chi connectivity index (χ1n) is 13.4. The van der Waals surface area contributed by atoms with E-state index in [0.717, 1.165) is 18.4 Å². The van der Waals surface area contributed by atoms with Gasteiger partial charge in [-0.3, -0.25) is 0 Å². The molecule has 0 aliphatic carbocycles. The minimum absolute atomic E-state index is 0.0544. The number of amides is 2. The molecule has 3 N–H and O–H groups in total. The van der Waals surface area contributed by atoms with Crippen molar-refractivity contribution in [2.45, 2.75) is 84.7 Å². The van der Waals surface area contributed by atoms with Crippen molar-refractivity contribution in [1.29, 1.82) is 0 Å². The van der Waals surface area contributed by atoms with Crippen molar-refractivity contribution in [2.75, 3.05) is 32.9 Å². The Balaban J connectivity index is 3.11. The Kier molecular flexibility index (Phi) is 15.0. The van der Waals surface area contributed by atoms with Crippen molar-refractivity contribution in [3.8, 4) is 0 Å². The SMILES string of the molecule is C=CC=C=C/C(=C\C)CC(NC(=O)OC(CO)C1CCCOC1)C(O)CN(CC(C)C)C(=O)OC(C)(C)C. The summed E-state index contributed by atoms with van der Waals surface area (Å²) in [7, 11) is 0. The molecule has 1 saturated heterocycles.